The van der Waals surface area contributed by atoms with Gasteiger partial charge in [-0.3, -0.25) is 0 Å². The van der Waals surface area contributed by atoms with Crippen LogP contribution < -0.4 is 0 Å². The molecule has 0 amide bonds. The van der Waals surface area contributed by atoms with E-state index in [0.29, 0.717) is 0 Å². The van der Waals surface area contributed by atoms with Gasteiger partial charge in [0, 0.05) is 0 Å². The first-order valence-electron chi connectivity index (χ1n) is 7.24. The third kappa shape index (κ3) is 6.56. The summed E-state index contributed by atoms with van der Waals surface area (Å²) in [5, 5.41) is 0. The van der Waals surface area contributed by atoms with Crippen molar-refractivity contribution in [2.45, 2.75) is 66.2 Å². The van der Waals surface area contributed by atoms with Crippen LogP contribution in [0.4, 0.5) is 0 Å². The molecule has 0 aromatic heterocycles. The van der Waals surface area contributed by atoms with Crippen LogP contribution in [0.3, 0.4) is 0 Å². The van der Waals surface area contributed by atoms with E-state index in [1.807, 2.05) is 0 Å². The summed E-state index contributed by atoms with van der Waals surface area (Å²) in [6.07, 6.45) is 15.0. The fourth-order valence-electron chi connectivity index (χ4n) is 2.56. The Labute approximate surface area is 98.6 Å². The number of hydrogen-bond acceptors (Lipinski definition) is 0. The Balaban J connectivity index is 3.88. The summed E-state index contributed by atoms with van der Waals surface area (Å²) in [5.74, 6) is 0. The first kappa shape index (κ1) is 15.4. The predicted octanol–water partition coefficient (Wildman–Crippen LogP) is 5.16. The molecule has 0 saturated carbocycles. The summed E-state index contributed by atoms with van der Waals surface area (Å²) in [7, 11) is -0.814. The molecule has 0 heterocycles. The Morgan fingerprint density at radius 2 is 1.13 bits per heavy atom. The van der Waals surface area contributed by atoms with Crippen molar-refractivity contribution in [1.82, 2.24) is 0 Å². The van der Waals surface area contributed by atoms with Crippen LogP contribution in [0, 0.1) is 0 Å². The van der Waals surface area contributed by atoms with E-state index in [1.54, 1.807) is 12.3 Å². The summed E-state index contributed by atoms with van der Waals surface area (Å²) in [6, 6.07) is 0. The van der Waals surface area contributed by atoms with Gasteiger partial charge < -0.3 is 0 Å². The van der Waals surface area contributed by atoms with Crippen molar-refractivity contribution >= 4 is 7.26 Å². The molecule has 94 valence electrons. The fourth-order valence-corrected chi connectivity index (χ4v) is 6.83. The molecule has 15 heavy (non-hydrogen) atoms. The van der Waals surface area contributed by atoms with Crippen molar-refractivity contribution in [3.05, 3.63) is 0 Å². The monoisotopic (exact) mass is 232 g/mol. The second-order valence-electron chi connectivity index (χ2n) is 5.12. The van der Waals surface area contributed by atoms with E-state index in [9.17, 15) is 0 Å². The van der Waals surface area contributed by atoms with Gasteiger partial charge in [-0.15, -0.1) is 0 Å². The Bertz CT molecular complexity index is 127. The molecule has 0 N–H and O–H groups in total. The average molecular weight is 232 g/mol. The van der Waals surface area contributed by atoms with Crippen molar-refractivity contribution in [1.29, 1.82) is 0 Å². The average Bonchev–Trinajstić information content (AvgIpc) is 2.29. The molecule has 0 rings (SSSR count). The molecular weight excluding hydrogens is 199 g/mol. The van der Waals surface area contributed by atoms with Crippen molar-refractivity contribution in [3.63, 3.8) is 0 Å². The van der Waals surface area contributed by atoms with Crippen LogP contribution in [-0.2, 0) is 0 Å². The van der Waals surface area contributed by atoms with Gasteiger partial charge >= 0.3 is 98.1 Å². The normalized spacial score (nSPS) is 13.1. The van der Waals surface area contributed by atoms with Gasteiger partial charge in [0.2, 0.25) is 0 Å². The van der Waals surface area contributed by atoms with E-state index in [2.05, 4.69) is 27.7 Å². The quantitative estimate of drug-likeness (QED) is 0.360. The molecule has 0 aromatic carbocycles. The van der Waals surface area contributed by atoms with Gasteiger partial charge in [0.25, 0.3) is 0 Å². The first-order chi connectivity index (χ1) is 7.24. The molecule has 0 aliphatic carbocycles. The second-order valence-corrected chi connectivity index (χ2v) is 10.5. The molecule has 0 bridgehead atoms. The maximum absolute atomic E-state index is 2.45. The van der Waals surface area contributed by atoms with Crippen LogP contribution >= 0.6 is 7.26 Å². The van der Waals surface area contributed by atoms with Crippen molar-refractivity contribution < 1.29 is 0 Å². The Kier molecular flexibility index (Phi) is 9.92. The molecule has 0 unspecified atom stereocenters. The standard InChI is InChI=1S/C14H33P/c1-5-9-11-12-14-15(7-3,8-4)13-10-6-2/h15H,5-14H2,1-4H3. The van der Waals surface area contributed by atoms with Crippen LogP contribution in [0.25, 0.3) is 0 Å². The summed E-state index contributed by atoms with van der Waals surface area (Å²) in [5.41, 5.74) is 0. The van der Waals surface area contributed by atoms with Gasteiger partial charge in [-0.2, -0.15) is 0 Å². The third-order valence-electron chi connectivity index (χ3n) is 4.12. The maximum atomic E-state index is 2.45. The Morgan fingerprint density at radius 3 is 1.60 bits per heavy atom. The van der Waals surface area contributed by atoms with Gasteiger partial charge in [0.05, 0.1) is 0 Å². The van der Waals surface area contributed by atoms with Crippen LogP contribution in [0.1, 0.15) is 66.2 Å². The summed E-state index contributed by atoms with van der Waals surface area (Å²) < 4.78 is 0. The van der Waals surface area contributed by atoms with E-state index in [4.69, 9.17) is 0 Å². The molecule has 0 aliphatic rings. The van der Waals surface area contributed by atoms with Crippen LogP contribution in [0.5, 0.6) is 0 Å². The summed E-state index contributed by atoms with van der Waals surface area (Å²) in [4.78, 5) is 0. The fraction of sp³-hybridized carbons (Fsp3) is 1.00. The number of unbranched alkanes of at least 4 members (excludes halogenated alkanes) is 4. The van der Waals surface area contributed by atoms with Crippen molar-refractivity contribution in [2.75, 3.05) is 24.6 Å². The molecular formula is C14H33P. The van der Waals surface area contributed by atoms with Gasteiger partial charge in [0.15, 0.2) is 0 Å². The van der Waals surface area contributed by atoms with Gasteiger partial charge in [-0.1, -0.05) is 0 Å². The zero-order valence-corrected chi connectivity index (χ0v) is 12.6. The molecule has 1 heteroatoms. The van der Waals surface area contributed by atoms with E-state index in [1.165, 1.54) is 50.8 Å². The zero-order chi connectivity index (χ0) is 11.6. The number of rotatable bonds is 10. The second kappa shape index (κ2) is 9.64. The van der Waals surface area contributed by atoms with E-state index < -0.39 is 7.26 Å². The number of hydrogen-bond donors (Lipinski definition) is 0. The van der Waals surface area contributed by atoms with Gasteiger partial charge in [-0.05, 0) is 0 Å². The minimum atomic E-state index is -0.814. The molecule has 0 aliphatic heterocycles. The van der Waals surface area contributed by atoms with Gasteiger partial charge in [-0.25, -0.2) is 0 Å². The minimum absolute atomic E-state index is 0.814. The van der Waals surface area contributed by atoms with Crippen LogP contribution in [0.2, 0.25) is 0 Å². The molecule has 0 aromatic rings. The molecule has 0 spiro atoms. The van der Waals surface area contributed by atoms with E-state index in [0.717, 1.165) is 0 Å². The first-order valence-corrected chi connectivity index (χ1v) is 10.1. The van der Waals surface area contributed by atoms with E-state index >= 15 is 0 Å². The molecule has 0 fully saturated rings. The SMILES string of the molecule is CCCCCC[PH](CC)(CC)CCCC. The zero-order valence-electron chi connectivity index (χ0n) is 11.6. The van der Waals surface area contributed by atoms with E-state index in [-0.39, 0.29) is 0 Å². The third-order valence-corrected chi connectivity index (χ3v) is 9.95. The topological polar surface area (TPSA) is 0 Å². The summed E-state index contributed by atoms with van der Waals surface area (Å²) >= 11 is 0. The molecule has 0 saturated heterocycles. The van der Waals surface area contributed by atoms with Crippen molar-refractivity contribution in [2.24, 2.45) is 0 Å². The summed E-state index contributed by atoms with van der Waals surface area (Å²) in [6.45, 7) is 9.54. The van der Waals surface area contributed by atoms with Crippen LogP contribution in [0.15, 0.2) is 0 Å². The molecule has 0 atom stereocenters. The predicted molar refractivity (Wildman–Crippen MR) is 78.2 cm³/mol. The Hall–Kier alpha value is 0.430. The van der Waals surface area contributed by atoms with Crippen LogP contribution in [-0.4, -0.2) is 24.6 Å². The molecule has 0 radical (unpaired) electrons. The Morgan fingerprint density at radius 1 is 0.600 bits per heavy atom. The van der Waals surface area contributed by atoms with Crippen molar-refractivity contribution in [3.8, 4) is 0 Å². The van der Waals surface area contributed by atoms with Gasteiger partial charge in [0.1, 0.15) is 0 Å². The molecule has 0 nitrogen and oxygen atoms in total.